The van der Waals surface area contributed by atoms with Crippen molar-refractivity contribution in [2.24, 2.45) is 5.92 Å². The molecular formula is C16H12F4N4OS. The first-order valence-electron chi connectivity index (χ1n) is 7.78. The second kappa shape index (κ2) is 6.04. The van der Waals surface area contributed by atoms with Gasteiger partial charge in [0.05, 0.1) is 23.5 Å². The molecule has 0 radical (unpaired) electrons. The molecule has 0 aliphatic heterocycles. The summed E-state index contributed by atoms with van der Waals surface area (Å²) in [5.74, 6) is -1.85. The molecule has 0 bridgehead atoms. The van der Waals surface area contributed by atoms with Crippen LogP contribution in [-0.2, 0) is 0 Å². The Morgan fingerprint density at radius 1 is 1.35 bits per heavy atom. The Morgan fingerprint density at radius 2 is 2.12 bits per heavy atom. The largest absolute Gasteiger partial charge is 0.408 e. The molecule has 1 N–H and O–H groups in total. The standard InChI is InChI=1S/C16H12F4N4OS/c17-10-4-21-14-11(5-22-24(14)6-10)9-3-12(26-7-9)15(25)23-13(8-1-2-8)16(18,19)20/h3-8,13H,1-2H2,(H,23,25)/t13-/m0/s1. The molecule has 1 fully saturated rings. The van der Waals surface area contributed by atoms with Crippen LogP contribution in [0.5, 0.6) is 0 Å². The highest BCUT2D eigenvalue weighted by molar-refractivity contribution is 7.12. The highest BCUT2D eigenvalue weighted by Gasteiger charge is 2.49. The van der Waals surface area contributed by atoms with Crippen LogP contribution in [0.4, 0.5) is 17.6 Å². The van der Waals surface area contributed by atoms with Gasteiger partial charge in [-0.05, 0) is 35.8 Å². The van der Waals surface area contributed by atoms with E-state index >= 15 is 0 Å². The normalized spacial score (nSPS) is 16.0. The molecule has 3 aromatic rings. The molecule has 10 heteroatoms. The van der Waals surface area contributed by atoms with Crippen molar-refractivity contribution in [3.8, 4) is 11.1 Å². The van der Waals surface area contributed by atoms with Gasteiger partial charge in [0, 0.05) is 5.56 Å². The SMILES string of the molecule is O=C(N[C@@H](C1CC1)C(F)(F)F)c1cc(-c2cnn3cc(F)cnc23)cs1. The Kier molecular flexibility index (Phi) is 3.94. The highest BCUT2D eigenvalue weighted by atomic mass is 32.1. The summed E-state index contributed by atoms with van der Waals surface area (Å²) in [7, 11) is 0. The summed E-state index contributed by atoms with van der Waals surface area (Å²) >= 11 is 1.03. The van der Waals surface area contributed by atoms with Crippen molar-refractivity contribution in [1.82, 2.24) is 19.9 Å². The van der Waals surface area contributed by atoms with E-state index in [4.69, 9.17) is 0 Å². The van der Waals surface area contributed by atoms with E-state index in [0.717, 1.165) is 23.7 Å². The van der Waals surface area contributed by atoms with Gasteiger partial charge in [0.1, 0.15) is 6.04 Å². The number of carbonyl (C=O) groups excluding carboxylic acids is 1. The molecule has 3 heterocycles. The Bertz CT molecular complexity index is 976. The van der Waals surface area contributed by atoms with Crippen molar-refractivity contribution < 1.29 is 22.4 Å². The third kappa shape index (κ3) is 3.16. The lowest BCUT2D eigenvalue weighted by atomic mass is 10.1. The Labute approximate surface area is 148 Å². The molecule has 1 atom stereocenters. The number of rotatable bonds is 4. The summed E-state index contributed by atoms with van der Waals surface area (Å²) in [5.41, 5.74) is 1.54. The van der Waals surface area contributed by atoms with Gasteiger partial charge in [-0.15, -0.1) is 11.3 Å². The minimum Gasteiger partial charge on any atom is -0.339 e. The van der Waals surface area contributed by atoms with E-state index in [2.05, 4.69) is 15.4 Å². The fourth-order valence-corrected chi connectivity index (χ4v) is 3.57. The lowest BCUT2D eigenvalue weighted by molar-refractivity contribution is -0.158. The van der Waals surface area contributed by atoms with Crippen LogP contribution in [0.1, 0.15) is 22.5 Å². The van der Waals surface area contributed by atoms with Gasteiger partial charge in [-0.3, -0.25) is 4.79 Å². The molecule has 5 nitrogen and oxygen atoms in total. The molecule has 0 aromatic carbocycles. The number of hydrogen-bond acceptors (Lipinski definition) is 4. The molecule has 1 aliphatic rings. The molecule has 136 valence electrons. The number of thiophene rings is 1. The minimum absolute atomic E-state index is 0.163. The summed E-state index contributed by atoms with van der Waals surface area (Å²) in [5, 5.41) is 7.73. The molecule has 0 unspecified atom stereocenters. The van der Waals surface area contributed by atoms with Crippen molar-refractivity contribution in [2.75, 3.05) is 0 Å². The second-order valence-corrected chi connectivity index (χ2v) is 7.04. The maximum atomic E-state index is 13.2. The van der Waals surface area contributed by atoms with Crippen LogP contribution < -0.4 is 5.32 Å². The smallest absolute Gasteiger partial charge is 0.339 e. The average Bonchev–Trinajstić information content (AvgIpc) is 3.13. The summed E-state index contributed by atoms with van der Waals surface area (Å²) in [4.78, 5) is 16.4. The average molecular weight is 384 g/mol. The molecule has 0 spiro atoms. The Balaban J connectivity index is 1.58. The minimum atomic E-state index is -4.46. The first kappa shape index (κ1) is 17.0. The molecule has 1 saturated carbocycles. The summed E-state index contributed by atoms with van der Waals surface area (Å²) in [6.07, 6.45) is 0.135. The van der Waals surface area contributed by atoms with E-state index < -0.39 is 29.9 Å². The van der Waals surface area contributed by atoms with E-state index in [0.29, 0.717) is 29.6 Å². The maximum absolute atomic E-state index is 13.2. The van der Waals surface area contributed by atoms with E-state index in [1.54, 1.807) is 5.38 Å². The molecule has 0 saturated heterocycles. The molecule has 3 aromatic heterocycles. The van der Waals surface area contributed by atoms with E-state index in [-0.39, 0.29) is 4.88 Å². The van der Waals surface area contributed by atoms with Crippen LogP contribution in [0.3, 0.4) is 0 Å². The van der Waals surface area contributed by atoms with Gasteiger partial charge in [-0.2, -0.15) is 18.3 Å². The Morgan fingerprint density at radius 3 is 2.81 bits per heavy atom. The third-order valence-corrected chi connectivity index (χ3v) is 5.12. The van der Waals surface area contributed by atoms with E-state index in [1.807, 2.05) is 0 Å². The second-order valence-electron chi connectivity index (χ2n) is 6.13. The zero-order chi connectivity index (χ0) is 18.5. The van der Waals surface area contributed by atoms with Crippen molar-refractivity contribution in [1.29, 1.82) is 0 Å². The number of nitrogens with zero attached hydrogens (tertiary/aromatic N) is 3. The fraction of sp³-hybridized carbons (Fsp3) is 0.312. The number of aromatic nitrogens is 3. The molecule has 26 heavy (non-hydrogen) atoms. The molecular weight excluding hydrogens is 372 g/mol. The summed E-state index contributed by atoms with van der Waals surface area (Å²) < 4.78 is 53.6. The summed E-state index contributed by atoms with van der Waals surface area (Å²) in [6, 6.07) is -0.329. The van der Waals surface area contributed by atoms with Crippen LogP contribution in [0.15, 0.2) is 30.0 Å². The number of amides is 1. The van der Waals surface area contributed by atoms with Gasteiger partial charge in [0.15, 0.2) is 11.5 Å². The monoisotopic (exact) mass is 384 g/mol. The van der Waals surface area contributed by atoms with Gasteiger partial charge in [-0.25, -0.2) is 13.9 Å². The zero-order valence-electron chi connectivity index (χ0n) is 13.1. The summed E-state index contributed by atoms with van der Waals surface area (Å²) in [6.45, 7) is 0. The molecule has 4 rings (SSSR count). The van der Waals surface area contributed by atoms with Gasteiger partial charge < -0.3 is 5.32 Å². The predicted octanol–water partition coefficient (Wildman–Crippen LogP) is 3.67. The number of carbonyl (C=O) groups is 1. The van der Waals surface area contributed by atoms with Crippen molar-refractivity contribution >= 4 is 22.9 Å². The number of hydrogen-bond donors (Lipinski definition) is 1. The first-order chi connectivity index (χ1) is 12.3. The van der Waals surface area contributed by atoms with Gasteiger partial charge in [0.2, 0.25) is 0 Å². The zero-order valence-corrected chi connectivity index (χ0v) is 13.9. The quantitative estimate of drug-likeness (QED) is 0.699. The topological polar surface area (TPSA) is 59.3 Å². The van der Waals surface area contributed by atoms with Crippen LogP contribution >= 0.6 is 11.3 Å². The highest BCUT2D eigenvalue weighted by Crippen LogP contribution is 2.40. The maximum Gasteiger partial charge on any atom is 0.408 e. The van der Waals surface area contributed by atoms with Crippen LogP contribution in [-0.4, -0.2) is 32.7 Å². The lowest BCUT2D eigenvalue weighted by Crippen LogP contribution is -2.46. The molecule has 1 aliphatic carbocycles. The van der Waals surface area contributed by atoms with Crippen molar-refractivity contribution in [3.63, 3.8) is 0 Å². The first-order valence-corrected chi connectivity index (χ1v) is 8.66. The molecule has 1 amide bonds. The lowest BCUT2D eigenvalue weighted by Gasteiger charge is -2.20. The van der Waals surface area contributed by atoms with Crippen LogP contribution in [0.2, 0.25) is 0 Å². The number of nitrogens with one attached hydrogen (secondary N) is 1. The Hall–Kier alpha value is -2.49. The van der Waals surface area contributed by atoms with E-state index in [9.17, 15) is 22.4 Å². The van der Waals surface area contributed by atoms with Crippen LogP contribution in [0.25, 0.3) is 16.8 Å². The number of fused-ring (bicyclic) bond motifs is 1. The van der Waals surface area contributed by atoms with Crippen LogP contribution in [0, 0.1) is 11.7 Å². The van der Waals surface area contributed by atoms with Gasteiger partial charge >= 0.3 is 6.18 Å². The number of alkyl halides is 3. The van der Waals surface area contributed by atoms with Crippen molar-refractivity contribution in [3.05, 3.63) is 40.7 Å². The van der Waals surface area contributed by atoms with E-state index in [1.165, 1.54) is 16.8 Å². The number of halogens is 4. The fourth-order valence-electron chi connectivity index (χ4n) is 2.76. The van der Waals surface area contributed by atoms with Crippen molar-refractivity contribution in [2.45, 2.75) is 25.1 Å². The van der Waals surface area contributed by atoms with Gasteiger partial charge in [0.25, 0.3) is 5.91 Å². The predicted molar refractivity (Wildman–Crippen MR) is 86.3 cm³/mol. The van der Waals surface area contributed by atoms with Gasteiger partial charge in [-0.1, -0.05) is 0 Å². The third-order valence-electron chi connectivity index (χ3n) is 4.19.